The summed E-state index contributed by atoms with van der Waals surface area (Å²) in [6.45, 7) is 5.19. The second kappa shape index (κ2) is 5.91. The van der Waals surface area contributed by atoms with Crippen molar-refractivity contribution in [1.29, 1.82) is 5.26 Å². The molecule has 0 aliphatic heterocycles. The van der Waals surface area contributed by atoms with Crippen LogP contribution in [0.2, 0.25) is 0 Å². The van der Waals surface area contributed by atoms with E-state index in [4.69, 9.17) is 0 Å². The molecule has 0 unspecified atom stereocenters. The minimum atomic E-state index is 0.697. The summed E-state index contributed by atoms with van der Waals surface area (Å²) < 4.78 is 2.29. The highest BCUT2D eigenvalue weighted by Gasteiger charge is 2.12. The number of fused-ring (bicyclic) bond motifs is 1. The van der Waals surface area contributed by atoms with Crippen LogP contribution in [0, 0.1) is 18.3 Å². The Labute approximate surface area is 130 Å². The first kappa shape index (κ1) is 14.2. The van der Waals surface area contributed by atoms with Gasteiger partial charge in [-0.2, -0.15) is 5.26 Å². The Bertz CT molecular complexity index is 877. The highest BCUT2D eigenvalue weighted by Crippen LogP contribution is 2.29. The van der Waals surface area contributed by atoms with Crippen LogP contribution < -0.4 is 0 Å². The fraction of sp³-hybridized carbons (Fsp3) is 0.150. The molecule has 0 aliphatic carbocycles. The third-order valence-electron chi connectivity index (χ3n) is 4.09. The monoisotopic (exact) mass is 286 g/mol. The van der Waals surface area contributed by atoms with Crippen LogP contribution in [0.5, 0.6) is 0 Å². The molecule has 0 spiro atoms. The van der Waals surface area contributed by atoms with Crippen LogP contribution in [0.15, 0.2) is 54.6 Å². The number of aryl methyl sites for hydroxylation is 1. The first-order valence-electron chi connectivity index (χ1n) is 7.51. The summed E-state index contributed by atoms with van der Waals surface area (Å²) >= 11 is 0. The number of benzene rings is 2. The molecule has 1 aromatic heterocycles. The van der Waals surface area contributed by atoms with Crippen LogP contribution in [0.1, 0.15) is 23.7 Å². The molecule has 0 saturated heterocycles. The Morgan fingerprint density at radius 1 is 1.09 bits per heavy atom. The quantitative estimate of drug-likeness (QED) is 0.620. The lowest BCUT2D eigenvalue weighted by Gasteiger charge is -2.03. The van der Waals surface area contributed by atoms with E-state index < -0.39 is 0 Å². The molecule has 2 nitrogen and oxygen atoms in total. The van der Waals surface area contributed by atoms with Crippen molar-refractivity contribution in [3.63, 3.8) is 0 Å². The Morgan fingerprint density at radius 2 is 1.77 bits per heavy atom. The van der Waals surface area contributed by atoms with Crippen LogP contribution in [0.25, 0.3) is 22.6 Å². The average molecular weight is 286 g/mol. The third-order valence-corrected chi connectivity index (χ3v) is 4.09. The van der Waals surface area contributed by atoms with Gasteiger partial charge in [-0.25, -0.2) is 0 Å². The van der Waals surface area contributed by atoms with Crippen molar-refractivity contribution >= 4 is 22.6 Å². The van der Waals surface area contributed by atoms with Gasteiger partial charge in [-0.05, 0) is 31.6 Å². The Morgan fingerprint density at radius 3 is 2.45 bits per heavy atom. The van der Waals surface area contributed by atoms with Gasteiger partial charge in [-0.3, -0.25) is 0 Å². The van der Waals surface area contributed by atoms with Gasteiger partial charge in [0.2, 0.25) is 0 Å². The van der Waals surface area contributed by atoms with Crippen LogP contribution >= 0.6 is 0 Å². The van der Waals surface area contributed by atoms with E-state index in [1.165, 1.54) is 16.6 Å². The number of rotatable bonds is 3. The smallest absolute Gasteiger partial charge is 0.0998 e. The zero-order valence-corrected chi connectivity index (χ0v) is 12.9. The molecule has 2 aromatic carbocycles. The molecular formula is C20H18N2. The van der Waals surface area contributed by atoms with E-state index in [0.717, 1.165) is 17.7 Å². The highest BCUT2D eigenvalue weighted by molar-refractivity contribution is 5.99. The molecule has 0 aliphatic rings. The van der Waals surface area contributed by atoms with E-state index in [1.54, 1.807) is 0 Å². The summed E-state index contributed by atoms with van der Waals surface area (Å²) in [6.07, 6.45) is 2.01. The van der Waals surface area contributed by atoms with Gasteiger partial charge in [-0.1, -0.05) is 48.5 Å². The number of allylic oxidation sites excluding steroid dienone is 1. The van der Waals surface area contributed by atoms with Crippen LogP contribution in [-0.4, -0.2) is 4.57 Å². The van der Waals surface area contributed by atoms with E-state index in [1.807, 2.05) is 42.5 Å². The largest absolute Gasteiger partial charge is 0.345 e. The van der Waals surface area contributed by atoms with Crippen LogP contribution in [0.3, 0.4) is 0 Å². The molecule has 2 heteroatoms. The minimum Gasteiger partial charge on any atom is -0.345 e. The van der Waals surface area contributed by atoms with Gasteiger partial charge in [0.25, 0.3) is 0 Å². The summed E-state index contributed by atoms with van der Waals surface area (Å²) in [7, 11) is 0. The zero-order valence-electron chi connectivity index (χ0n) is 12.9. The Hall–Kier alpha value is -2.79. The van der Waals surface area contributed by atoms with Gasteiger partial charge in [0.05, 0.1) is 11.6 Å². The van der Waals surface area contributed by atoms with E-state index >= 15 is 0 Å². The normalized spacial score (nSPS) is 11.6. The molecule has 3 aromatic rings. The fourth-order valence-corrected chi connectivity index (χ4v) is 2.99. The molecule has 0 bridgehead atoms. The van der Waals surface area contributed by atoms with Crippen molar-refractivity contribution in [2.45, 2.75) is 20.4 Å². The van der Waals surface area contributed by atoms with Gasteiger partial charge < -0.3 is 4.57 Å². The van der Waals surface area contributed by atoms with Gasteiger partial charge in [0.15, 0.2) is 0 Å². The molecule has 108 valence electrons. The van der Waals surface area contributed by atoms with Crippen molar-refractivity contribution in [2.24, 2.45) is 0 Å². The minimum absolute atomic E-state index is 0.697. The molecule has 1 heterocycles. The first-order valence-corrected chi connectivity index (χ1v) is 7.51. The molecule has 3 rings (SSSR count). The average Bonchev–Trinajstić information content (AvgIpc) is 2.84. The van der Waals surface area contributed by atoms with Crippen molar-refractivity contribution in [3.8, 4) is 6.07 Å². The predicted molar refractivity (Wildman–Crippen MR) is 92.3 cm³/mol. The van der Waals surface area contributed by atoms with E-state index in [9.17, 15) is 5.26 Å². The van der Waals surface area contributed by atoms with Gasteiger partial charge in [0, 0.05) is 28.7 Å². The third kappa shape index (κ3) is 2.31. The standard InChI is InChI=1S/C20H18N2/c1-3-22-15(2)19(18-11-7-8-12-20(18)22)13-17(14-21)16-9-5-4-6-10-16/h4-13H,3H2,1-2H3/b17-13-. The van der Waals surface area contributed by atoms with Crippen molar-refractivity contribution in [2.75, 3.05) is 0 Å². The fourth-order valence-electron chi connectivity index (χ4n) is 2.99. The van der Waals surface area contributed by atoms with Gasteiger partial charge in [-0.15, -0.1) is 0 Å². The lowest BCUT2D eigenvalue weighted by atomic mass is 10.0. The van der Waals surface area contributed by atoms with Gasteiger partial charge in [0.1, 0.15) is 0 Å². The molecular weight excluding hydrogens is 268 g/mol. The maximum Gasteiger partial charge on any atom is 0.0998 e. The summed E-state index contributed by atoms with van der Waals surface area (Å²) in [4.78, 5) is 0. The number of para-hydroxylation sites is 1. The molecule has 0 saturated carbocycles. The number of nitrogens with zero attached hydrogens (tertiary/aromatic N) is 2. The summed E-state index contributed by atoms with van der Waals surface area (Å²) in [5.41, 5.74) is 5.21. The van der Waals surface area contributed by atoms with Crippen LogP contribution in [-0.2, 0) is 6.54 Å². The summed E-state index contributed by atoms with van der Waals surface area (Å²) in [5, 5.41) is 10.7. The number of aromatic nitrogens is 1. The van der Waals surface area contributed by atoms with Gasteiger partial charge >= 0.3 is 0 Å². The Balaban J connectivity index is 2.25. The molecule has 0 amide bonds. The van der Waals surface area contributed by atoms with E-state index in [0.29, 0.717) is 5.57 Å². The predicted octanol–water partition coefficient (Wildman–Crippen LogP) is 5.03. The van der Waals surface area contributed by atoms with Crippen LogP contribution in [0.4, 0.5) is 0 Å². The maximum atomic E-state index is 9.54. The molecule has 0 N–H and O–H groups in total. The SMILES string of the molecule is CCn1c(C)c(/C=C(/C#N)c2ccccc2)c2ccccc21. The lowest BCUT2D eigenvalue weighted by molar-refractivity contribution is 0.769. The number of hydrogen-bond acceptors (Lipinski definition) is 1. The van der Waals surface area contributed by atoms with E-state index in [2.05, 4.69) is 42.7 Å². The first-order chi connectivity index (χ1) is 10.8. The van der Waals surface area contributed by atoms with Crippen molar-refractivity contribution in [1.82, 2.24) is 4.57 Å². The summed E-state index contributed by atoms with van der Waals surface area (Å²) in [5.74, 6) is 0. The maximum absolute atomic E-state index is 9.54. The molecule has 0 atom stereocenters. The zero-order chi connectivity index (χ0) is 15.5. The second-order valence-electron chi connectivity index (χ2n) is 5.30. The lowest BCUT2D eigenvalue weighted by Crippen LogP contribution is -1.96. The number of nitriles is 1. The molecule has 0 fully saturated rings. The highest BCUT2D eigenvalue weighted by atomic mass is 15.0. The number of hydrogen-bond donors (Lipinski definition) is 0. The van der Waals surface area contributed by atoms with E-state index in [-0.39, 0.29) is 0 Å². The second-order valence-corrected chi connectivity index (χ2v) is 5.30. The van der Waals surface area contributed by atoms with Crippen molar-refractivity contribution in [3.05, 3.63) is 71.4 Å². The van der Waals surface area contributed by atoms with Crippen molar-refractivity contribution < 1.29 is 0 Å². The topological polar surface area (TPSA) is 28.7 Å². The molecule has 0 radical (unpaired) electrons. The Kier molecular flexibility index (Phi) is 3.80. The summed E-state index contributed by atoms with van der Waals surface area (Å²) in [6, 6.07) is 20.5. The molecule has 22 heavy (non-hydrogen) atoms.